The van der Waals surface area contributed by atoms with E-state index in [-0.39, 0.29) is 11.9 Å². The molecule has 4 heterocycles. The van der Waals surface area contributed by atoms with Crippen molar-refractivity contribution in [1.82, 2.24) is 24.8 Å². The first kappa shape index (κ1) is 20.0. The maximum atomic E-state index is 13.2. The molecule has 2 N–H and O–H groups in total. The number of anilines is 1. The summed E-state index contributed by atoms with van der Waals surface area (Å²) >= 11 is 1.62. The van der Waals surface area contributed by atoms with Crippen LogP contribution in [0.15, 0.2) is 60.2 Å². The number of imidazole rings is 1. The third-order valence-corrected chi connectivity index (χ3v) is 7.30. The van der Waals surface area contributed by atoms with E-state index in [4.69, 9.17) is 4.98 Å². The summed E-state index contributed by atoms with van der Waals surface area (Å²) in [6, 6.07) is 16.3. The van der Waals surface area contributed by atoms with Crippen LogP contribution in [0.5, 0.6) is 0 Å². The third kappa shape index (κ3) is 3.56. The number of thiazole rings is 1. The SMILES string of the molecule is CC1CN(c2scnc2-c2nc3ccccc3[nH]2)CCN1C(=O)Cc1c[nH]c2ccccc12. The van der Waals surface area contributed by atoms with Gasteiger partial charge in [0.2, 0.25) is 5.91 Å². The first-order valence-corrected chi connectivity index (χ1v) is 12.0. The van der Waals surface area contributed by atoms with E-state index in [1.165, 1.54) is 0 Å². The molecule has 33 heavy (non-hydrogen) atoms. The highest BCUT2D eigenvalue weighted by Gasteiger charge is 2.30. The number of rotatable bonds is 4. The van der Waals surface area contributed by atoms with Crippen molar-refractivity contribution in [2.24, 2.45) is 0 Å². The van der Waals surface area contributed by atoms with Crippen LogP contribution in [0.1, 0.15) is 12.5 Å². The molecule has 0 aliphatic carbocycles. The quantitative estimate of drug-likeness (QED) is 0.419. The number of amides is 1. The van der Waals surface area contributed by atoms with E-state index in [9.17, 15) is 4.79 Å². The molecule has 0 saturated carbocycles. The number of nitrogens with one attached hydrogen (secondary N) is 2. The normalized spacial score (nSPS) is 16.7. The Morgan fingerprint density at radius 1 is 1.12 bits per heavy atom. The predicted molar refractivity (Wildman–Crippen MR) is 133 cm³/mol. The molecule has 0 radical (unpaired) electrons. The molecule has 1 aliphatic rings. The zero-order chi connectivity index (χ0) is 22.4. The van der Waals surface area contributed by atoms with Crippen molar-refractivity contribution in [3.63, 3.8) is 0 Å². The van der Waals surface area contributed by atoms with Gasteiger partial charge in [0, 0.05) is 42.8 Å². The number of para-hydroxylation sites is 3. The van der Waals surface area contributed by atoms with Gasteiger partial charge in [-0.3, -0.25) is 4.79 Å². The van der Waals surface area contributed by atoms with Crippen LogP contribution in [0.4, 0.5) is 5.00 Å². The summed E-state index contributed by atoms with van der Waals surface area (Å²) < 4.78 is 0. The van der Waals surface area contributed by atoms with Gasteiger partial charge >= 0.3 is 0 Å². The summed E-state index contributed by atoms with van der Waals surface area (Å²) in [7, 11) is 0. The molecule has 0 bridgehead atoms. The number of piperazine rings is 1. The number of benzene rings is 2. The van der Waals surface area contributed by atoms with Crippen LogP contribution in [0.3, 0.4) is 0 Å². The fourth-order valence-electron chi connectivity index (χ4n) is 4.75. The molecule has 166 valence electrons. The van der Waals surface area contributed by atoms with Crippen LogP contribution in [-0.2, 0) is 11.2 Å². The third-order valence-electron chi connectivity index (χ3n) is 6.41. The zero-order valence-corrected chi connectivity index (χ0v) is 19.1. The fraction of sp³-hybridized carbons (Fsp3) is 0.240. The number of carbonyl (C=O) groups is 1. The lowest BCUT2D eigenvalue weighted by molar-refractivity contribution is -0.132. The first-order valence-electron chi connectivity index (χ1n) is 11.2. The molecule has 0 spiro atoms. The zero-order valence-electron chi connectivity index (χ0n) is 18.3. The molecule has 1 atom stereocenters. The molecule has 1 amide bonds. The van der Waals surface area contributed by atoms with E-state index in [1.54, 1.807) is 11.3 Å². The lowest BCUT2D eigenvalue weighted by atomic mass is 10.1. The van der Waals surface area contributed by atoms with Crippen molar-refractivity contribution in [3.8, 4) is 11.5 Å². The monoisotopic (exact) mass is 456 g/mol. The predicted octanol–water partition coefficient (Wildman–Crippen LogP) is 4.45. The van der Waals surface area contributed by atoms with Gasteiger partial charge in [0.05, 0.1) is 23.0 Å². The van der Waals surface area contributed by atoms with Gasteiger partial charge in [-0.25, -0.2) is 9.97 Å². The van der Waals surface area contributed by atoms with E-state index in [1.807, 2.05) is 59.1 Å². The molecule has 3 aromatic heterocycles. The lowest BCUT2D eigenvalue weighted by Gasteiger charge is -2.40. The summed E-state index contributed by atoms with van der Waals surface area (Å²) in [5.74, 6) is 0.965. The van der Waals surface area contributed by atoms with Gasteiger partial charge in [0.15, 0.2) is 5.82 Å². The van der Waals surface area contributed by atoms with E-state index in [0.717, 1.165) is 57.1 Å². The van der Waals surface area contributed by atoms with Gasteiger partial charge in [-0.1, -0.05) is 30.3 Å². The maximum absolute atomic E-state index is 13.2. The standard InChI is InChI=1S/C25H24N6OS/c1-16-14-30(25-23(27-15-33-25)24-28-20-8-4-5-9-21(20)29-24)10-11-31(16)22(32)12-17-13-26-19-7-3-2-6-18(17)19/h2-9,13,15-16,26H,10-12,14H2,1H3,(H,28,29). The summed E-state index contributed by atoms with van der Waals surface area (Å²) in [4.78, 5) is 33.5. The Bertz CT molecular complexity index is 1420. The van der Waals surface area contributed by atoms with Gasteiger partial charge in [-0.2, -0.15) is 0 Å². The molecule has 6 rings (SSSR count). The van der Waals surface area contributed by atoms with E-state index in [2.05, 4.69) is 32.8 Å². The summed E-state index contributed by atoms with van der Waals surface area (Å²) in [5.41, 5.74) is 6.82. The Balaban J connectivity index is 1.19. The highest BCUT2D eigenvalue weighted by atomic mass is 32.1. The fourth-order valence-corrected chi connectivity index (χ4v) is 5.58. The van der Waals surface area contributed by atoms with Crippen molar-refractivity contribution in [1.29, 1.82) is 0 Å². The van der Waals surface area contributed by atoms with Crippen molar-refractivity contribution in [3.05, 3.63) is 65.8 Å². The molecular formula is C25H24N6OS. The summed E-state index contributed by atoms with van der Waals surface area (Å²) in [5, 5.41) is 2.22. The van der Waals surface area contributed by atoms with Crippen LogP contribution in [0.2, 0.25) is 0 Å². The minimum atomic E-state index is 0.113. The molecule has 1 fully saturated rings. The first-order chi connectivity index (χ1) is 16.2. The van der Waals surface area contributed by atoms with E-state index < -0.39 is 0 Å². The van der Waals surface area contributed by atoms with Gasteiger partial charge in [-0.15, -0.1) is 11.3 Å². The Hall–Kier alpha value is -3.65. The maximum Gasteiger partial charge on any atom is 0.227 e. The molecule has 2 aromatic carbocycles. The van der Waals surface area contributed by atoms with Crippen LogP contribution < -0.4 is 4.90 Å². The minimum Gasteiger partial charge on any atom is -0.361 e. The van der Waals surface area contributed by atoms with Crippen LogP contribution in [-0.4, -0.2) is 56.4 Å². The number of carbonyl (C=O) groups excluding carboxylic acids is 1. The Kier molecular flexibility index (Phi) is 4.87. The second-order valence-electron chi connectivity index (χ2n) is 8.53. The van der Waals surface area contributed by atoms with Gasteiger partial charge in [0.25, 0.3) is 0 Å². The van der Waals surface area contributed by atoms with Gasteiger partial charge in [0.1, 0.15) is 10.7 Å². The largest absolute Gasteiger partial charge is 0.361 e. The molecule has 1 saturated heterocycles. The molecule has 8 heteroatoms. The number of fused-ring (bicyclic) bond motifs is 2. The number of hydrogen-bond acceptors (Lipinski definition) is 5. The second-order valence-corrected chi connectivity index (χ2v) is 9.36. The summed E-state index contributed by atoms with van der Waals surface area (Å²) in [6.07, 6.45) is 2.37. The Morgan fingerprint density at radius 2 is 1.94 bits per heavy atom. The number of aromatic nitrogens is 4. The number of hydrogen-bond donors (Lipinski definition) is 2. The minimum absolute atomic E-state index is 0.113. The molecular weight excluding hydrogens is 432 g/mol. The summed E-state index contributed by atoms with van der Waals surface area (Å²) in [6.45, 7) is 4.37. The van der Waals surface area contributed by atoms with Crippen molar-refractivity contribution in [2.75, 3.05) is 24.5 Å². The Morgan fingerprint density at radius 3 is 2.79 bits per heavy atom. The topological polar surface area (TPSA) is 80.9 Å². The Labute approximate surface area is 195 Å². The molecule has 7 nitrogen and oxygen atoms in total. The van der Waals surface area contributed by atoms with E-state index in [0.29, 0.717) is 13.0 Å². The van der Waals surface area contributed by atoms with Crippen molar-refractivity contribution in [2.45, 2.75) is 19.4 Å². The number of aromatic amines is 2. The second kappa shape index (κ2) is 8.04. The van der Waals surface area contributed by atoms with Crippen molar-refractivity contribution < 1.29 is 4.79 Å². The van der Waals surface area contributed by atoms with Crippen LogP contribution in [0.25, 0.3) is 33.5 Å². The van der Waals surface area contributed by atoms with Gasteiger partial charge < -0.3 is 19.8 Å². The average Bonchev–Trinajstić information content (AvgIpc) is 3.57. The highest BCUT2D eigenvalue weighted by molar-refractivity contribution is 7.14. The van der Waals surface area contributed by atoms with Crippen LogP contribution >= 0.6 is 11.3 Å². The highest BCUT2D eigenvalue weighted by Crippen LogP contribution is 2.34. The smallest absolute Gasteiger partial charge is 0.227 e. The number of H-pyrrole nitrogens is 2. The molecule has 1 aliphatic heterocycles. The molecule has 5 aromatic rings. The van der Waals surface area contributed by atoms with Crippen LogP contribution in [0, 0.1) is 0 Å². The average molecular weight is 457 g/mol. The lowest BCUT2D eigenvalue weighted by Crippen LogP contribution is -2.54. The number of nitrogens with zero attached hydrogens (tertiary/aromatic N) is 4. The van der Waals surface area contributed by atoms with Gasteiger partial charge in [-0.05, 0) is 30.7 Å². The van der Waals surface area contributed by atoms with Crippen molar-refractivity contribution >= 4 is 44.2 Å². The molecule has 1 unspecified atom stereocenters. The van der Waals surface area contributed by atoms with E-state index >= 15 is 0 Å².